The minimum atomic E-state index is 0.0307. The Kier molecular flexibility index (Phi) is 3.99. The van der Waals surface area contributed by atoms with Crippen LogP contribution in [0.15, 0.2) is 24.3 Å². The third-order valence-corrected chi connectivity index (χ3v) is 3.04. The van der Waals surface area contributed by atoms with E-state index in [1.54, 1.807) is 6.07 Å². The second kappa shape index (κ2) is 5.50. The molecule has 0 saturated carbocycles. The summed E-state index contributed by atoms with van der Waals surface area (Å²) >= 11 is 0. The topological polar surface area (TPSA) is 61.5 Å². The van der Waals surface area contributed by atoms with Gasteiger partial charge < -0.3 is 15.2 Å². The van der Waals surface area contributed by atoms with Gasteiger partial charge in [-0.25, -0.2) is 0 Å². The van der Waals surface area contributed by atoms with Crippen LogP contribution in [0.25, 0.3) is 0 Å². The van der Waals surface area contributed by atoms with Gasteiger partial charge in [-0.2, -0.15) is 0 Å². The highest BCUT2D eigenvalue weighted by Gasteiger charge is 2.34. The van der Waals surface area contributed by atoms with E-state index in [9.17, 15) is 4.79 Å². The van der Waals surface area contributed by atoms with E-state index in [2.05, 4.69) is 6.92 Å². The number of ketones is 1. The van der Waals surface area contributed by atoms with Crippen molar-refractivity contribution in [2.45, 2.75) is 13.3 Å². The van der Waals surface area contributed by atoms with E-state index in [1.165, 1.54) is 0 Å². The lowest BCUT2D eigenvalue weighted by Gasteiger charge is -2.37. The van der Waals surface area contributed by atoms with Crippen LogP contribution >= 0.6 is 0 Å². The first-order valence-electron chi connectivity index (χ1n) is 6.17. The predicted octanol–water partition coefficient (Wildman–Crippen LogP) is 1.63. The van der Waals surface area contributed by atoms with Gasteiger partial charge in [-0.1, -0.05) is 19.1 Å². The third-order valence-electron chi connectivity index (χ3n) is 3.04. The van der Waals surface area contributed by atoms with Crippen molar-refractivity contribution in [2.24, 2.45) is 11.1 Å². The number of Topliss-reactive ketones (excluding diaryl/α,β-unsaturated/α-hetero) is 1. The molecule has 2 rings (SSSR count). The van der Waals surface area contributed by atoms with Crippen LogP contribution in [0.3, 0.4) is 0 Å². The van der Waals surface area contributed by atoms with E-state index in [0.717, 1.165) is 0 Å². The molecule has 1 aromatic carbocycles. The Hall–Kier alpha value is -1.39. The molecule has 2 N–H and O–H groups in total. The summed E-state index contributed by atoms with van der Waals surface area (Å²) in [5.41, 5.74) is 6.10. The van der Waals surface area contributed by atoms with Gasteiger partial charge >= 0.3 is 0 Å². The Morgan fingerprint density at radius 3 is 2.78 bits per heavy atom. The maximum absolute atomic E-state index is 11.9. The molecular weight excluding hydrogens is 230 g/mol. The zero-order chi connectivity index (χ0) is 13.0. The maximum Gasteiger partial charge on any atom is 0.167 e. The van der Waals surface area contributed by atoms with Crippen molar-refractivity contribution in [3.8, 4) is 5.75 Å². The summed E-state index contributed by atoms with van der Waals surface area (Å²) in [6, 6.07) is 7.32. The highest BCUT2D eigenvalue weighted by Crippen LogP contribution is 2.29. The van der Waals surface area contributed by atoms with E-state index in [-0.39, 0.29) is 11.2 Å². The van der Waals surface area contributed by atoms with E-state index in [4.69, 9.17) is 15.2 Å². The molecule has 1 fully saturated rings. The standard InChI is InChI=1S/C14H19NO3/c1-14(8-17-9-14)10-18-13-5-3-2-4-11(13)12(16)6-7-15/h2-5H,6-10,15H2,1H3. The Bertz CT molecular complexity index is 427. The fourth-order valence-electron chi connectivity index (χ4n) is 1.87. The van der Waals surface area contributed by atoms with Crippen molar-refractivity contribution in [2.75, 3.05) is 26.4 Å². The van der Waals surface area contributed by atoms with Gasteiger partial charge in [0.25, 0.3) is 0 Å². The van der Waals surface area contributed by atoms with Crippen LogP contribution in [0.1, 0.15) is 23.7 Å². The second-order valence-corrected chi connectivity index (χ2v) is 5.05. The number of rotatable bonds is 6. The van der Waals surface area contributed by atoms with Crippen molar-refractivity contribution in [1.29, 1.82) is 0 Å². The quantitative estimate of drug-likeness (QED) is 0.778. The molecule has 1 aliphatic heterocycles. The van der Waals surface area contributed by atoms with Crippen molar-refractivity contribution in [3.05, 3.63) is 29.8 Å². The highest BCUT2D eigenvalue weighted by molar-refractivity contribution is 5.98. The molecule has 98 valence electrons. The summed E-state index contributed by atoms with van der Waals surface area (Å²) in [5, 5.41) is 0. The zero-order valence-electron chi connectivity index (χ0n) is 10.6. The fraction of sp³-hybridized carbons (Fsp3) is 0.500. The van der Waals surface area contributed by atoms with Crippen molar-refractivity contribution in [1.82, 2.24) is 0 Å². The smallest absolute Gasteiger partial charge is 0.167 e. The van der Waals surface area contributed by atoms with Crippen LogP contribution in [-0.2, 0) is 4.74 Å². The summed E-state index contributed by atoms with van der Waals surface area (Å²) < 4.78 is 10.9. The molecule has 18 heavy (non-hydrogen) atoms. The SMILES string of the molecule is CC1(COc2ccccc2C(=O)CCN)COC1. The first kappa shape index (κ1) is 13.1. The first-order valence-corrected chi connectivity index (χ1v) is 6.17. The normalized spacial score (nSPS) is 17.0. The van der Waals surface area contributed by atoms with Crippen LogP contribution in [0.4, 0.5) is 0 Å². The van der Waals surface area contributed by atoms with Crippen LogP contribution in [0.2, 0.25) is 0 Å². The number of ether oxygens (including phenoxy) is 2. The molecule has 0 aliphatic carbocycles. The van der Waals surface area contributed by atoms with E-state index in [1.807, 2.05) is 18.2 Å². The van der Waals surface area contributed by atoms with Crippen molar-refractivity contribution >= 4 is 5.78 Å². The molecule has 0 unspecified atom stereocenters. The van der Waals surface area contributed by atoms with Crippen LogP contribution in [0, 0.1) is 5.41 Å². The van der Waals surface area contributed by atoms with E-state index >= 15 is 0 Å². The average Bonchev–Trinajstić information content (AvgIpc) is 2.35. The first-order chi connectivity index (χ1) is 8.64. The lowest BCUT2D eigenvalue weighted by atomic mass is 9.90. The maximum atomic E-state index is 11.9. The molecule has 0 radical (unpaired) electrons. The molecular formula is C14H19NO3. The number of benzene rings is 1. The fourth-order valence-corrected chi connectivity index (χ4v) is 1.87. The molecule has 4 heteroatoms. The molecule has 0 spiro atoms. The molecule has 1 aromatic rings. The Morgan fingerprint density at radius 1 is 1.44 bits per heavy atom. The highest BCUT2D eigenvalue weighted by atomic mass is 16.5. The predicted molar refractivity (Wildman–Crippen MR) is 68.9 cm³/mol. The molecule has 0 amide bonds. The second-order valence-electron chi connectivity index (χ2n) is 5.05. The van der Waals surface area contributed by atoms with Crippen molar-refractivity contribution < 1.29 is 14.3 Å². The van der Waals surface area contributed by atoms with Crippen LogP contribution < -0.4 is 10.5 Å². The number of para-hydroxylation sites is 1. The number of carbonyl (C=O) groups is 1. The molecule has 0 bridgehead atoms. The Labute approximate surface area is 107 Å². The molecule has 1 aliphatic rings. The van der Waals surface area contributed by atoms with Gasteiger partial charge in [0.2, 0.25) is 0 Å². The Balaban J connectivity index is 2.05. The molecule has 1 heterocycles. The van der Waals surface area contributed by atoms with Crippen molar-refractivity contribution in [3.63, 3.8) is 0 Å². The number of carbonyl (C=O) groups excluding carboxylic acids is 1. The van der Waals surface area contributed by atoms with Crippen LogP contribution in [-0.4, -0.2) is 32.1 Å². The molecule has 0 atom stereocenters. The molecule has 1 saturated heterocycles. The number of hydrogen-bond acceptors (Lipinski definition) is 4. The summed E-state index contributed by atoms with van der Waals surface area (Å²) in [6.07, 6.45) is 0.348. The van der Waals surface area contributed by atoms with Gasteiger partial charge in [0, 0.05) is 11.8 Å². The zero-order valence-corrected chi connectivity index (χ0v) is 10.6. The van der Waals surface area contributed by atoms with Gasteiger partial charge in [0.05, 0.1) is 25.4 Å². The third kappa shape index (κ3) is 2.89. The van der Waals surface area contributed by atoms with Gasteiger partial charge in [-0.3, -0.25) is 4.79 Å². The van der Waals surface area contributed by atoms with E-state index < -0.39 is 0 Å². The lowest BCUT2D eigenvalue weighted by Crippen LogP contribution is -2.44. The van der Waals surface area contributed by atoms with Gasteiger partial charge in [0.15, 0.2) is 5.78 Å². The molecule has 4 nitrogen and oxygen atoms in total. The van der Waals surface area contributed by atoms with Crippen LogP contribution in [0.5, 0.6) is 5.75 Å². The van der Waals surface area contributed by atoms with Gasteiger partial charge in [-0.05, 0) is 18.7 Å². The number of nitrogens with two attached hydrogens (primary N) is 1. The minimum Gasteiger partial charge on any atom is -0.492 e. The van der Waals surface area contributed by atoms with Gasteiger partial charge in [0.1, 0.15) is 5.75 Å². The summed E-state index contributed by atoms with van der Waals surface area (Å²) in [7, 11) is 0. The summed E-state index contributed by atoms with van der Waals surface area (Å²) in [5.74, 6) is 0.673. The van der Waals surface area contributed by atoms with E-state index in [0.29, 0.717) is 44.1 Å². The average molecular weight is 249 g/mol. The Morgan fingerprint density at radius 2 is 2.17 bits per heavy atom. The monoisotopic (exact) mass is 249 g/mol. The summed E-state index contributed by atoms with van der Waals surface area (Å²) in [6.45, 7) is 4.47. The van der Waals surface area contributed by atoms with Gasteiger partial charge in [-0.15, -0.1) is 0 Å². The number of hydrogen-bond donors (Lipinski definition) is 1. The molecule has 0 aromatic heterocycles. The summed E-state index contributed by atoms with van der Waals surface area (Å²) in [4.78, 5) is 11.9. The minimum absolute atomic E-state index is 0.0307. The lowest BCUT2D eigenvalue weighted by molar-refractivity contribution is -0.120. The largest absolute Gasteiger partial charge is 0.492 e.